The van der Waals surface area contributed by atoms with E-state index >= 15 is 0 Å². The molecular formula is C21H25F3N2O3. The van der Waals surface area contributed by atoms with Gasteiger partial charge in [-0.05, 0) is 31.0 Å². The highest BCUT2D eigenvalue weighted by Crippen LogP contribution is 2.31. The monoisotopic (exact) mass is 410 g/mol. The zero-order valence-corrected chi connectivity index (χ0v) is 16.2. The highest BCUT2D eigenvalue weighted by atomic mass is 19.4. The maximum atomic E-state index is 12.8. The van der Waals surface area contributed by atoms with E-state index in [4.69, 9.17) is 9.47 Å². The van der Waals surface area contributed by atoms with Gasteiger partial charge < -0.3 is 18.9 Å². The van der Waals surface area contributed by atoms with Crippen molar-refractivity contribution < 1.29 is 27.4 Å². The molecule has 1 unspecified atom stereocenters. The van der Waals surface area contributed by atoms with Crippen molar-refractivity contribution in [2.24, 2.45) is 0 Å². The minimum absolute atomic E-state index is 0.0508. The van der Waals surface area contributed by atoms with Crippen LogP contribution in [-0.4, -0.2) is 53.5 Å². The Hall–Kier alpha value is -2.22. The lowest BCUT2D eigenvalue weighted by Crippen LogP contribution is -2.42. The number of rotatable bonds is 5. The van der Waals surface area contributed by atoms with Crippen molar-refractivity contribution in [3.8, 4) is 5.75 Å². The van der Waals surface area contributed by atoms with Gasteiger partial charge in [-0.25, -0.2) is 0 Å². The molecule has 2 aliphatic heterocycles. The molecule has 0 saturated carbocycles. The van der Waals surface area contributed by atoms with Crippen LogP contribution in [0.4, 0.5) is 13.2 Å². The van der Waals surface area contributed by atoms with Gasteiger partial charge in [-0.2, -0.15) is 13.2 Å². The zero-order valence-electron chi connectivity index (χ0n) is 16.2. The third-order valence-corrected chi connectivity index (χ3v) is 5.64. The van der Waals surface area contributed by atoms with Gasteiger partial charge in [0.15, 0.2) is 0 Å². The SMILES string of the molecule is O=C(CC1CCCO1)N1CCC(Oc2cccc3c2ccn3CC(F)(F)F)CC1. The molecule has 29 heavy (non-hydrogen) atoms. The predicted octanol–water partition coefficient (Wildman–Crippen LogP) is 4.14. The highest BCUT2D eigenvalue weighted by molar-refractivity contribution is 5.86. The molecule has 4 rings (SSSR count). The fourth-order valence-corrected chi connectivity index (χ4v) is 4.16. The Bertz CT molecular complexity index is 850. The van der Waals surface area contributed by atoms with Gasteiger partial charge in [0.1, 0.15) is 18.4 Å². The van der Waals surface area contributed by atoms with Crippen LogP contribution in [0.1, 0.15) is 32.1 Å². The number of carbonyl (C=O) groups excluding carboxylic acids is 1. The molecule has 8 heteroatoms. The Balaban J connectivity index is 1.35. The maximum absolute atomic E-state index is 12.8. The molecule has 0 bridgehead atoms. The number of piperidine rings is 1. The van der Waals surface area contributed by atoms with Crippen molar-refractivity contribution >= 4 is 16.8 Å². The molecule has 2 saturated heterocycles. The van der Waals surface area contributed by atoms with Gasteiger partial charge in [-0.3, -0.25) is 4.79 Å². The van der Waals surface area contributed by atoms with Crippen LogP contribution in [0.3, 0.4) is 0 Å². The van der Waals surface area contributed by atoms with Gasteiger partial charge in [-0.15, -0.1) is 0 Å². The van der Waals surface area contributed by atoms with E-state index < -0.39 is 12.7 Å². The number of aromatic nitrogens is 1. The second-order valence-corrected chi connectivity index (χ2v) is 7.78. The number of amides is 1. The van der Waals surface area contributed by atoms with Crippen molar-refractivity contribution in [1.82, 2.24) is 9.47 Å². The number of fused-ring (bicyclic) bond motifs is 1. The maximum Gasteiger partial charge on any atom is 0.406 e. The average Bonchev–Trinajstić information content (AvgIpc) is 3.32. The number of likely N-dealkylation sites (tertiary alicyclic amines) is 1. The lowest BCUT2D eigenvalue weighted by atomic mass is 10.1. The number of alkyl halides is 3. The molecule has 5 nitrogen and oxygen atoms in total. The molecule has 3 heterocycles. The second-order valence-electron chi connectivity index (χ2n) is 7.78. The second kappa shape index (κ2) is 8.26. The van der Waals surface area contributed by atoms with Crippen molar-refractivity contribution in [2.75, 3.05) is 19.7 Å². The summed E-state index contributed by atoms with van der Waals surface area (Å²) in [5, 5.41) is 0.675. The van der Waals surface area contributed by atoms with Crippen molar-refractivity contribution in [3.05, 3.63) is 30.5 Å². The van der Waals surface area contributed by atoms with Crippen LogP contribution in [0, 0.1) is 0 Å². The van der Waals surface area contributed by atoms with Crippen LogP contribution in [0.5, 0.6) is 5.75 Å². The first-order valence-corrected chi connectivity index (χ1v) is 10.1. The van der Waals surface area contributed by atoms with E-state index in [0.29, 0.717) is 49.0 Å². The summed E-state index contributed by atoms with van der Waals surface area (Å²) < 4.78 is 51.1. The largest absolute Gasteiger partial charge is 0.490 e. The van der Waals surface area contributed by atoms with E-state index in [2.05, 4.69) is 0 Å². The van der Waals surface area contributed by atoms with E-state index in [9.17, 15) is 18.0 Å². The summed E-state index contributed by atoms with van der Waals surface area (Å²) in [4.78, 5) is 14.3. The van der Waals surface area contributed by atoms with E-state index in [0.717, 1.165) is 19.4 Å². The average molecular weight is 410 g/mol. The minimum atomic E-state index is -4.27. The molecule has 2 aromatic rings. The first-order valence-electron chi connectivity index (χ1n) is 10.1. The molecule has 0 aliphatic carbocycles. The van der Waals surface area contributed by atoms with E-state index in [1.807, 2.05) is 4.90 Å². The van der Waals surface area contributed by atoms with Crippen LogP contribution in [0.25, 0.3) is 10.9 Å². The van der Waals surface area contributed by atoms with Crippen molar-refractivity contribution in [2.45, 2.75) is 57.0 Å². The topological polar surface area (TPSA) is 43.7 Å². The fourth-order valence-electron chi connectivity index (χ4n) is 4.16. The van der Waals surface area contributed by atoms with Crippen molar-refractivity contribution in [3.63, 3.8) is 0 Å². The van der Waals surface area contributed by atoms with Crippen LogP contribution in [0.2, 0.25) is 0 Å². The molecule has 2 aliphatic rings. The third kappa shape index (κ3) is 4.86. The first kappa shape index (κ1) is 20.1. The molecule has 1 atom stereocenters. The Morgan fingerprint density at radius 1 is 1.17 bits per heavy atom. The fraction of sp³-hybridized carbons (Fsp3) is 0.571. The van der Waals surface area contributed by atoms with Crippen LogP contribution in [0.15, 0.2) is 30.5 Å². The van der Waals surface area contributed by atoms with Gasteiger partial charge >= 0.3 is 6.18 Å². The Labute approximate surface area is 167 Å². The first-order chi connectivity index (χ1) is 13.9. The molecule has 0 spiro atoms. The number of carbonyl (C=O) groups is 1. The molecule has 1 aromatic heterocycles. The van der Waals surface area contributed by atoms with E-state index in [-0.39, 0.29) is 18.1 Å². The van der Waals surface area contributed by atoms with Gasteiger partial charge in [0, 0.05) is 44.1 Å². The molecule has 0 radical (unpaired) electrons. The number of hydrogen-bond acceptors (Lipinski definition) is 3. The number of nitrogens with zero attached hydrogens (tertiary/aromatic N) is 2. The minimum Gasteiger partial charge on any atom is -0.490 e. The Morgan fingerprint density at radius 3 is 2.66 bits per heavy atom. The molecule has 2 fully saturated rings. The smallest absolute Gasteiger partial charge is 0.406 e. The summed E-state index contributed by atoms with van der Waals surface area (Å²) in [6, 6.07) is 6.83. The summed E-state index contributed by atoms with van der Waals surface area (Å²) in [5.74, 6) is 0.717. The van der Waals surface area contributed by atoms with Crippen LogP contribution in [-0.2, 0) is 16.1 Å². The van der Waals surface area contributed by atoms with Crippen molar-refractivity contribution in [1.29, 1.82) is 0 Å². The predicted molar refractivity (Wildman–Crippen MR) is 102 cm³/mol. The summed E-state index contributed by atoms with van der Waals surface area (Å²) in [5.41, 5.74) is 0.504. The number of benzene rings is 1. The quantitative estimate of drug-likeness (QED) is 0.744. The molecule has 158 valence electrons. The standard InChI is InChI=1S/C21H25F3N2O3/c22-21(23,24)14-26-11-8-17-18(26)4-1-5-19(17)29-15-6-9-25(10-7-15)20(27)13-16-3-2-12-28-16/h1,4-5,8,11,15-16H,2-3,6-7,9-10,12-14H2. The Kier molecular flexibility index (Phi) is 5.72. The van der Waals surface area contributed by atoms with E-state index in [1.54, 1.807) is 24.3 Å². The summed E-state index contributed by atoms with van der Waals surface area (Å²) >= 11 is 0. The van der Waals surface area contributed by atoms with Crippen LogP contribution < -0.4 is 4.74 Å². The van der Waals surface area contributed by atoms with Gasteiger partial charge in [0.05, 0.1) is 18.0 Å². The summed E-state index contributed by atoms with van der Waals surface area (Å²) in [6.07, 6.45) is 0.982. The third-order valence-electron chi connectivity index (χ3n) is 5.64. The lowest BCUT2D eigenvalue weighted by molar-refractivity contribution is -0.140. The number of hydrogen-bond donors (Lipinski definition) is 0. The number of ether oxygens (including phenoxy) is 2. The summed E-state index contributed by atoms with van der Waals surface area (Å²) in [6.45, 7) is 0.970. The van der Waals surface area contributed by atoms with Gasteiger partial charge in [0.25, 0.3) is 0 Å². The summed E-state index contributed by atoms with van der Waals surface area (Å²) in [7, 11) is 0. The Morgan fingerprint density at radius 2 is 1.97 bits per heavy atom. The van der Waals surface area contributed by atoms with Gasteiger partial charge in [-0.1, -0.05) is 6.07 Å². The zero-order chi connectivity index (χ0) is 20.4. The molecule has 1 amide bonds. The molecular weight excluding hydrogens is 385 g/mol. The molecule has 1 aromatic carbocycles. The lowest BCUT2D eigenvalue weighted by Gasteiger charge is -2.33. The van der Waals surface area contributed by atoms with Gasteiger partial charge in [0.2, 0.25) is 5.91 Å². The highest BCUT2D eigenvalue weighted by Gasteiger charge is 2.29. The van der Waals surface area contributed by atoms with E-state index in [1.165, 1.54) is 10.8 Å². The normalized spacial score (nSPS) is 21.1. The van der Waals surface area contributed by atoms with Crippen LogP contribution >= 0.6 is 0 Å². The molecule has 0 N–H and O–H groups in total. The number of halogens is 3.